The van der Waals surface area contributed by atoms with Crippen molar-refractivity contribution < 1.29 is 32.2 Å². The molecule has 1 amide bonds. The Balaban J connectivity index is 2.45. The minimum Gasteiger partial charge on any atom is -0.479 e. The van der Waals surface area contributed by atoms with Crippen LogP contribution in [0.1, 0.15) is 33.3 Å². The van der Waals surface area contributed by atoms with Gasteiger partial charge in [0.15, 0.2) is 12.7 Å². The third kappa shape index (κ3) is 7.91. The summed E-state index contributed by atoms with van der Waals surface area (Å²) in [6.07, 6.45) is -5.52. The second-order valence-corrected chi connectivity index (χ2v) is 6.53. The van der Waals surface area contributed by atoms with Crippen LogP contribution in [0.25, 0.3) is 0 Å². The zero-order chi connectivity index (χ0) is 19.3. The largest absolute Gasteiger partial charge is 0.479 e. The van der Waals surface area contributed by atoms with Gasteiger partial charge in [-0.15, -0.1) is 0 Å². The van der Waals surface area contributed by atoms with Crippen molar-refractivity contribution in [2.45, 2.75) is 45.4 Å². The minimum atomic E-state index is -4.52. The van der Waals surface area contributed by atoms with Gasteiger partial charge < -0.3 is 14.8 Å². The second kappa shape index (κ2) is 8.22. The molecule has 0 spiro atoms. The maximum absolute atomic E-state index is 11.9. The topological polar surface area (TPSA) is 64.6 Å². The zero-order valence-electron chi connectivity index (χ0n) is 14.6. The highest BCUT2D eigenvalue weighted by Gasteiger charge is 2.28. The Bertz CT molecular complexity index is 591. The quantitative estimate of drug-likeness (QED) is 0.791. The fourth-order valence-corrected chi connectivity index (χ4v) is 1.79. The van der Waals surface area contributed by atoms with Crippen molar-refractivity contribution >= 4 is 11.9 Å². The van der Waals surface area contributed by atoms with Gasteiger partial charge in [-0.05, 0) is 30.0 Å². The number of esters is 1. The molecule has 0 bridgehead atoms. The van der Waals surface area contributed by atoms with E-state index >= 15 is 0 Å². The van der Waals surface area contributed by atoms with Crippen LogP contribution in [0.4, 0.5) is 13.2 Å². The summed E-state index contributed by atoms with van der Waals surface area (Å²) in [7, 11) is 0. The molecule has 25 heavy (non-hydrogen) atoms. The number of hydrogen-bond donors (Lipinski definition) is 1. The van der Waals surface area contributed by atoms with E-state index in [-0.39, 0.29) is 5.41 Å². The van der Waals surface area contributed by atoms with E-state index in [0.29, 0.717) is 5.75 Å². The summed E-state index contributed by atoms with van der Waals surface area (Å²) in [6.45, 7) is 5.33. The van der Waals surface area contributed by atoms with Crippen LogP contribution in [0.2, 0.25) is 0 Å². The number of halogens is 3. The molecule has 0 aromatic heterocycles. The van der Waals surface area contributed by atoms with Crippen molar-refractivity contribution in [2.24, 2.45) is 0 Å². The molecule has 0 aliphatic rings. The molecule has 0 aliphatic carbocycles. The van der Waals surface area contributed by atoms with E-state index in [1.54, 1.807) is 17.4 Å². The Kier molecular flexibility index (Phi) is 6.84. The minimum absolute atomic E-state index is 0.0210. The lowest BCUT2D eigenvalue weighted by molar-refractivity contribution is -0.156. The van der Waals surface area contributed by atoms with Crippen LogP contribution < -0.4 is 10.1 Å². The smallest absolute Gasteiger partial charge is 0.405 e. The summed E-state index contributed by atoms with van der Waals surface area (Å²) < 4.78 is 45.9. The average molecular weight is 361 g/mol. The number of carbonyl (C=O) groups is 2. The SMILES string of the molecule is C[C@@H](Oc1ccc(C(C)(C)C)cc1)C(=O)OCC(=O)NCC(F)(F)F. The molecule has 5 nitrogen and oxygen atoms in total. The first-order chi connectivity index (χ1) is 11.4. The van der Waals surface area contributed by atoms with E-state index in [4.69, 9.17) is 4.74 Å². The third-order valence-corrected chi connectivity index (χ3v) is 3.20. The van der Waals surface area contributed by atoms with Crippen molar-refractivity contribution in [1.29, 1.82) is 0 Å². The summed E-state index contributed by atoms with van der Waals surface area (Å²) in [6, 6.07) is 7.16. The van der Waals surface area contributed by atoms with Crippen molar-refractivity contribution in [2.75, 3.05) is 13.2 Å². The molecule has 1 N–H and O–H groups in total. The van der Waals surface area contributed by atoms with Crippen LogP contribution in [0.3, 0.4) is 0 Å². The Morgan fingerprint density at radius 1 is 1.12 bits per heavy atom. The van der Waals surface area contributed by atoms with E-state index in [0.717, 1.165) is 5.56 Å². The van der Waals surface area contributed by atoms with Gasteiger partial charge in [0, 0.05) is 0 Å². The van der Waals surface area contributed by atoms with Gasteiger partial charge in [-0.3, -0.25) is 4.79 Å². The summed E-state index contributed by atoms with van der Waals surface area (Å²) in [5.41, 5.74) is 1.07. The summed E-state index contributed by atoms with van der Waals surface area (Å²) in [5, 5.41) is 1.60. The van der Waals surface area contributed by atoms with Crippen molar-refractivity contribution in [3.8, 4) is 5.75 Å². The summed E-state index contributed by atoms with van der Waals surface area (Å²) in [4.78, 5) is 22.9. The maximum Gasteiger partial charge on any atom is 0.405 e. The molecule has 0 fully saturated rings. The molecule has 0 saturated carbocycles. The lowest BCUT2D eigenvalue weighted by Crippen LogP contribution is -2.37. The van der Waals surface area contributed by atoms with Gasteiger partial charge >= 0.3 is 12.1 Å². The van der Waals surface area contributed by atoms with Crippen molar-refractivity contribution in [1.82, 2.24) is 5.32 Å². The molecule has 0 saturated heterocycles. The lowest BCUT2D eigenvalue weighted by Gasteiger charge is -2.20. The Morgan fingerprint density at radius 2 is 1.68 bits per heavy atom. The third-order valence-electron chi connectivity index (χ3n) is 3.20. The molecular formula is C17H22F3NO4. The van der Waals surface area contributed by atoms with Crippen LogP contribution in [0, 0.1) is 0 Å². The van der Waals surface area contributed by atoms with Crippen molar-refractivity contribution in [3.05, 3.63) is 29.8 Å². The van der Waals surface area contributed by atoms with E-state index < -0.39 is 37.3 Å². The molecule has 1 aromatic carbocycles. The predicted octanol–water partition coefficient (Wildman–Crippen LogP) is 2.97. The van der Waals surface area contributed by atoms with Gasteiger partial charge in [-0.25, -0.2) is 4.79 Å². The number of rotatable bonds is 6. The van der Waals surface area contributed by atoms with Crippen LogP contribution in [-0.2, 0) is 19.7 Å². The van der Waals surface area contributed by atoms with Gasteiger partial charge in [0.1, 0.15) is 12.3 Å². The molecule has 1 atom stereocenters. The van der Waals surface area contributed by atoms with Gasteiger partial charge in [-0.1, -0.05) is 32.9 Å². The van der Waals surface area contributed by atoms with Crippen LogP contribution in [0.5, 0.6) is 5.75 Å². The van der Waals surface area contributed by atoms with Crippen LogP contribution in [0.15, 0.2) is 24.3 Å². The highest BCUT2D eigenvalue weighted by molar-refractivity contribution is 5.82. The Morgan fingerprint density at radius 3 is 2.16 bits per heavy atom. The highest BCUT2D eigenvalue weighted by atomic mass is 19.4. The summed E-state index contributed by atoms with van der Waals surface area (Å²) in [5.74, 6) is -1.44. The van der Waals surface area contributed by atoms with Crippen molar-refractivity contribution in [3.63, 3.8) is 0 Å². The second-order valence-electron chi connectivity index (χ2n) is 6.53. The normalized spacial score (nSPS) is 13.1. The molecule has 1 aromatic rings. The Labute approximate surface area is 144 Å². The standard InChI is InChI=1S/C17H22F3NO4/c1-11(15(23)24-9-14(22)21-10-17(18,19)20)25-13-7-5-12(6-8-13)16(2,3)4/h5-8,11H,9-10H2,1-4H3,(H,21,22)/t11-/m1/s1. The molecule has 1 rings (SSSR count). The first-order valence-electron chi connectivity index (χ1n) is 7.66. The monoisotopic (exact) mass is 361 g/mol. The fraction of sp³-hybridized carbons (Fsp3) is 0.529. The number of carbonyl (C=O) groups excluding carboxylic acids is 2. The molecule has 0 heterocycles. The van der Waals surface area contributed by atoms with Gasteiger partial charge in [0.2, 0.25) is 0 Å². The van der Waals surface area contributed by atoms with E-state index in [9.17, 15) is 22.8 Å². The highest BCUT2D eigenvalue weighted by Crippen LogP contribution is 2.24. The van der Waals surface area contributed by atoms with E-state index in [2.05, 4.69) is 25.5 Å². The zero-order valence-corrected chi connectivity index (χ0v) is 14.6. The molecular weight excluding hydrogens is 339 g/mol. The molecule has 8 heteroatoms. The van der Waals surface area contributed by atoms with Gasteiger partial charge in [-0.2, -0.15) is 13.2 Å². The number of alkyl halides is 3. The van der Waals surface area contributed by atoms with Gasteiger partial charge in [0.25, 0.3) is 5.91 Å². The maximum atomic E-state index is 11.9. The fourth-order valence-electron chi connectivity index (χ4n) is 1.79. The molecule has 0 unspecified atom stereocenters. The Hall–Kier alpha value is -2.25. The predicted molar refractivity (Wildman–Crippen MR) is 85.3 cm³/mol. The first-order valence-corrected chi connectivity index (χ1v) is 7.66. The summed E-state index contributed by atoms with van der Waals surface area (Å²) >= 11 is 0. The lowest BCUT2D eigenvalue weighted by atomic mass is 9.87. The van der Waals surface area contributed by atoms with Crippen LogP contribution in [-0.4, -0.2) is 37.3 Å². The van der Waals surface area contributed by atoms with E-state index in [1.807, 2.05) is 12.1 Å². The number of nitrogens with one attached hydrogen (secondary N) is 1. The first kappa shape index (κ1) is 20.8. The van der Waals surface area contributed by atoms with E-state index in [1.165, 1.54) is 6.92 Å². The molecule has 0 aliphatic heterocycles. The van der Waals surface area contributed by atoms with Crippen LogP contribution >= 0.6 is 0 Å². The number of amides is 1. The number of ether oxygens (including phenoxy) is 2. The molecule has 0 radical (unpaired) electrons. The number of hydrogen-bond acceptors (Lipinski definition) is 4. The number of benzene rings is 1. The molecule has 140 valence electrons. The average Bonchev–Trinajstić information content (AvgIpc) is 2.49. The van der Waals surface area contributed by atoms with Gasteiger partial charge in [0.05, 0.1) is 0 Å².